The third-order valence-corrected chi connectivity index (χ3v) is 2.65. The fourth-order valence-electron chi connectivity index (χ4n) is 1.62. The van der Waals surface area contributed by atoms with Gasteiger partial charge in [-0.25, -0.2) is 8.78 Å². The highest BCUT2D eigenvalue weighted by Crippen LogP contribution is 2.19. The summed E-state index contributed by atoms with van der Waals surface area (Å²) in [4.78, 5) is 0. The molecule has 1 rings (SSSR count). The molecular formula is C13H19F2NO. The van der Waals surface area contributed by atoms with Crippen LogP contribution in [0.2, 0.25) is 0 Å². The number of hydrogen-bond donors (Lipinski definition) is 2. The maximum Gasteiger partial charge on any atom is 0.263 e. The Morgan fingerprint density at radius 1 is 1.35 bits per heavy atom. The van der Waals surface area contributed by atoms with Crippen molar-refractivity contribution in [2.75, 3.05) is 13.2 Å². The maximum atomic E-state index is 12.4. The van der Waals surface area contributed by atoms with Gasteiger partial charge in [-0.1, -0.05) is 25.1 Å². The second-order valence-electron chi connectivity index (χ2n) is 4.29. The van der Waals surface area contributed by atoms with Gasteiger partial charge in [-0.2, -0.15) is 0 Å². The fraction of sp³-hybridized carbons (Fsp3) is 0.538. The molecule has 1 aromatic rings. The van der Waals surface area contributed by atoms with Gasteiger partial charge in [-0.3, -0.25) is 0 Å². The van der Waals surface area contributed by atoms with Gasteiger partial charge in [0.2, 0.25) is 0 Å². The molecular weight excluding hydrogens is 224 g/mol. The Kier molecular flexibility index (Phi) is 6.08. The Balaban J connectivity index is 2.38. The van der Waals surface area contributed by atoms with E-state index in [-0.39, 0.29) is 12.2 Å². The predicted octanol–water partition coefficient (Wildman–Crippen LogP) is 2.73. The molecule has 0 aliphatic rings. The van der Waals surface area contributed by atoms with Crippen LogP contribution in [-0.4, -0.2) is 18.3 Å². The van der Waals surface area contributed by atoms with Crippen molar-refractivity contribution in [3.05, 3.63) is 35.4 Å². The lowest BCUT2D eigenvalue weighted by atomic mass is 10.1. The molecule has 4 heteroatoms. The Morgan fingerprint density at radius 2 is 2.12 bits per heavy atom. The van der Waals surface area contributed by atoms with E-state index in [1.165, 1.54) is 12.1 Å². The Bertz CT molecular complexity index is 331. The number of halogens is 2. The van der Waals surface area contributed by atoms with Crippen LogP contribution in [-0.2, 0) is 6.54 Å². The zero-order valence-electron chi connectivity index (χ0n) is 10.00. The SMILES string of the molecule is CC(CCO)CNCc1cccc(C(F)F)c1. The van der Waals surface area contributed by atoms with E-state index in [4.69, 9.17) is 5.11 Å². The first kappa shape index (κ1) is 14.1. The smallest absolute Gasteiger partial charge is 0.263 e. The summed E-state index contributed by atoms with van der Waals surface area (Å²) < 4.78 is 24.9. The first-order chi connectivity index (χ1) is 8.13. The van der Waals surface area contributed by atoms with Gasteiger partial charge in [0, 0.05) is 18.7 Å². The van der Waals surface area contributed by atoms with Crippen LogP contribution in [0.5, 0.6) is 0 Å². The molecule has 0 aromatic heterocycles. The molecule has 2 nitrogen and oxygen atoms in total. The van der Waals surface area contributed by atoms with Crippen LogP contribution in [0.25, 0.3) is 0 Å². The third-order valence-electron chi connectivity index (χ3n) is 2.65. The molecule has 0 bridgehead atoms. The van der Waals surface area contributed by atoms with Crippen molar-refractivity contribution in [1.82, 2.24) is 5.32 Å². The molecule has 0 saturated heterocycles. The first-order valence-corrected chi connectivity index (χ1v) is 5.82. The normalized spacial score (nSPS) is 13.0. The minimum atomic E-state index is -2.41. The summed E-state index contributed by atoms with van der Waals surface area (Å²) in [5.41, 5.74) is 0.923. The molecule has 17 heavy (non-hydrogen) atoms. The second kappa shape index (κ2) is 7.35. The van der Waals surface area contributed by atoms with Crippen LogP contribution in [0.15, 0.2) is 24.3 Å². The molecule has 2 N–H and O–H groups in total. The molecule has 0 amide bonds. The Labute approximate surface area is 101 Å². The van der Waals surface area contributed by atoms with E-state index >= 15 is 0 Å². The summed E-state index contributed by atoms with van der Waals surface area (Å²) in [5.74, 6) is 0.387. The Hall–Kier alpha value is -1.00. The number of alkyl halides is 2. The van der Waals surface area contributed by atoms with Crippen LogP contribution in [0.4, 0.5) is 8.78 Å². The summed E-state index contributed by atoms with van der Waals surface area (Å²) >= 11 is 0. The lowest BCUT2D eigenvalue weighted by Crippen LogP contribution is -2.21. The average Bonchev–Trinajstić information content (AvgIpc) is 2.30. The summed E-state index contributed by atoms with van der Waals surface area (Å²) in [6, 6.07) is 6.43. The minimum Gasteiger partial charge on any atom is -0.396 e. The average molecular weight is 243 g/mol. The Morgan fingerprint density at radius 3 is 2.76 bits per heavy atom. The number of aliphatic hydroxyl groups is 1. The summed E-state index contributed by atoms with van der Waals surface area (Å²) in [6.07, 6.45) is -1.66. The van der Waals surface area contributed by atoms with Crippen molar-refractivity contribution in [3.8, 4) is 0 Å². The van der Waals surface area contributed by atoms with Crippen LogP contribution in [0.3, 0.4) is 0 Å². The van der Waals surface area contributed by atoms with E-state index < -0.39 is 6.43 Å². The minimum absolute atomic E-state index is 0.0627. The highest BCUT2D eigenvalue weighted by Gasteiger charge is 2.07. The summed E-state index contributed by atoms with van der Waals surface area (Å²) in [5, 5.41) is 11.9. The first-order valence-electron chi connectivity index (χ1n) is 5.82. The molecule has 96 valence electrons. The van der Waals surface area contributed by atoms with Crippen LogP contribution >= 0.6 is 0 Å². The van der Waals surface area contributed by atoms with Crippen molar-refractivity contribution in [3.63, 3.8) is 0 Å². The highest BCUT2D eigenvalue weighted by atomic mass is 19.3. The zero-order valence-corrected chi connectivity index (χ0v) is 10.00. The topological polar surface area (TPSA) is 32.3 Å². The van der Waals surface area contributed by atoms with Crippen molar-refractivity contribution in [2.24, 2.45) is 5.92 Å². The van der Waals surface area contributed by atoms with Crippen LogP contribution in [0, 0.1) is 5.92 Å². The molecule has 0 radical (unpaired) electrons. The number of rotatable bonds is 7. The van der Waals surface area contributed by atoms with E-state index in [0.29, 0.717) is 12.5 Å². The van der Waals surface area contributed by atoms with Crippen molar-refractivity contribution in [1.29, 1.82) is 0 Å². The van der Waals surface area contributed by atoms with E-state index in [1.807, 2.05) is 13.0 Å². The molecule has 1 aromatic carbocycles. The number of aliphatic hydroxyl groups excluding tert-OH is 1. The van der Waals surface area contributed by atoms with E-state index in [1.54, 1.807) is 6.07 Å². The molecule has 0 spiro atoms. The molecule has 1 atom stereocenters. The van der Waals surface area contributed by atoms with Gasteiger partial charge in [-0.05, 0) is 30.5 Å². The van der Waals surface area contributed by atoms with Gasteiger partial charge in [0.15, 0.2) is 0 Å². The summed E-state index contributed by atoms with van der Waals surface area (Å²) in [7, 11) is 0. The van der Waals surface area contributed by atoms with Gasteiger partial charge < -0.3 is 10.4 Å². The van der Waals surface area contributed by atoms with Gasteiger partial charge >= 0.3 is 0 Å². The molecule has 0 heterocycles. The van der Waals surface area contributed by atoms with Crippen molar-refractivity contribution >= 4 is 0 Å². The summed E-state index contributed by atoms with van der Waals surface area (Å²) in [6.45, 7) is 3.58. The molecule has 0 aliphatic carbocycles. The lowest BCUT2D eigenvalue weighted by molar-refractivity contribution is 0.151. The molecule has 1 unspecified atom stereocenters. The van der Waals surface area contributed by atoms with Crippen molar-refractivity contribution in [2.45, 2.75) is 26.3 Å². The molecule has 0 saturated carbocycles. The zero-order chi connectivity index (χ0) is 12.7. The maximum absolute atomic E-state index is 12.4. The van der Waals surface area contributed by atoms with Crippen LogP contribution < -0.4 is 5.32 Å². The molecule has 0 fully saturated rings. The fourth-order valence-corrected chi connectivity index (χ4v) is 1.62. The monoisotopic (exact) mass is 243 g/mol. The van der Waals surface area contributed by atoms with Gasteiger partial charge in [0.05, 0.1) is 0 Å². The predicted molar refractivity (Wildman–Crippen MR) is 64.0 cm³/mol. The number of hydrogen-bond acceptors (Lipinski definition) is 2. The second-order valence-corrected chi connectivity index (χ2v) is 4.29. The van der Waals surface area contributed by atoms with Crippen molar-refractivity contribution < 1.29 is 13.9 Å². The quantitative estimate of drug-likeness (QED) is 0.771. The van der Waals surface area contributed by atoms with Crippen LogP contribution in [0.1, 0.15) is 30.9 Å². The lowest BCUT2D eigenvalue weighted by Gasteiger charge is -2.11. The van der Waals surface area contributed by atoms with E-state index in [9.17, 15) is 8.78 Å². The van der Waals surface area contributed by atoms with Gasteiger partial charge in [-0.15, -0.1) is 0 Å². The third kappa shape index (κ3) is 5.24. The standard InChI is InChI=1S/C13H19F2NO/c1-10(5-6-17)8-16-9-11-3-2-4-12(7-11)13(14)15/h2-4,7,10,13,16-17H,5-6,8-9H2,1H3. The molecule has 0 aliphatic heterocycles. The highest BCUT2D eigenvalue weighted by molar-refractivity contribution is 5.24. The number of benzene rings is 1. The van der Waals surface area contributed by atoms with E-state index in [2.05, 4.69) is 5.32 Å². The largest absolute Gasteiger partial charge is 0.396 e. The van der Waals surface area contributed by atoms with Gasteiger partial charge in [0.25, 0.3) is 6.43 Å². The number of nitrogens with one attached hydrogen (secondary N) is 1. The van der Waals surface area contributed by atoms with E-state index in [0.717, 1.165) is 18.5 Å². The van der Waals surface area contributed by atoms with Gasteiger partial charge in [0.1, 0.15) is 0 Å².